The van der Waals surface area contributed by atoms with Crippen LogP contribution in [0.1, 0.15) is 12.5 Å². The molecule has 0 saturated carbocycles. The van der Waals surface area contributed by atoms with Crippen molar-refractivity contribution in [3.8, 4) is 5.75 Å². The van der Waals surface area contributed by atoms with Gasteiger partial charge >= 0.3 is 5.97 Å². The van der Waals surface area contributed by atoms with Gasteiger partial charge in [0, 0.05) is 12.2 Å². The average Bonchev–Trinajstić information content (AvgIpc) is 2.70. The molecule has 0 aliphatic heterocycles. The Bertz CT molecular complexity index is 757. The number of aliphatic carboxylic acids is 1. The van der Waals surface area contributed by atoms with Gasteiger partial charge in [-0.2, -0.15) is 12.6 Å². The molecule has 0 spiro atoms. The van der Waals surface area contributed by atoms with Crippen molar-refractivity contribution in [3.63, 3.8) is 0 Å². The number of hydrogen-bond acceptors (Lipinski definition) is 8. The second-order valence-corrected chi connectivity index (χ2v) is 6.92. The number of nitrogens with two attached hydrogens (primary N) is 1. The fourth-order valence-corrected chi connectivity index (χ4v) is 2.57. The predicted molar refractivity (Wildman–Crippen MR) is 110 cm³/mol. The Balaban J connectivity index is 2.92. The highest BCUT2D eigenvalue weighted by Crippen LogP contribution is 2.11. The number of phenolic OH excluding ortho intramolecular Hbond substituents is 1. The molecule has 1 aromatic rings. The number of aliphatic hydroxyl groups excluding tert-OH is 1. The summed E-state index contributed by atoms with van der Waals surface area (Å²) in [6, 6.07) is 2.31. The molecule has 0 radical (unpaired) electrons. The van der Waals surface area contributed by atoms with Crippen molar-refractivity contribution >= 4 is 36.3 Å². The van der Waals surface area contributed by atoms with Crippen molar-refractivity contribution in [2.24, 2.45) is 5.73 Å². The van der Waals surface area contributed by atoms with Gasteiger partial charge in [0.25, 0.3) is 0 Å². The van der Waals surface area contributed by atoms with Crippen molar-refractivity contribution in [1.29, 1.82) is 0 Å². The van der Waals surface area contributed by atoms with E-state index >= 15 is 0 Å². The first kappa shape index (κ1) is 25.2. The third-order valence-electron chi connectivity index (χ3n) is 4.06. The monoisotopic (exact) mass is 442 g/mol. The standard InChI is InChI=1S/C18H26N4O7S/c1-9(23)15(19)18(29)22-13(8-30)17(28)21-12(16(27)20-7-14(25)26)6-10-2-4-11(24)5-3-10/h2-5,9,12-13,15,23-24,30H,6-8,19H2,1H3,(H,20,27)(H,21,28)(H,22,29)(H,25,26). The lowest BCUT2D eigenvalue weighted by Crippen LogP contribution is -2.58. The Morgan fingerprint density at radius 1 is 1.03 bits per heavy atom. The normalized spacial score (nSPS) is 14.7. The Kier molecular flexibility index (Phi) is 10.1. The quantitative estimate of drug-likeness (QED) is 0.176. The number of carbonyl (C=O) groups is 4. The van der Waals surface area contributed by atoms with Crippen molar-refractivity contribution in [1.82, 2.24) is 16.0 Å². The largest absolute Gasteiger partial charge is 0.508 e. The van der Waals surface area contributed by atoms with Gasteiger partial charge in [0.15, 0.2) is 0 Å². The lowest BCUT2D eigenvalue weighted by atomic mass is 10.0. The second-order valence-electron chi connectivity index (χ2n) is 6.55. The molecule has 0 saturated heterocycles. The third-order valence-corrected chi connectivity index (χ3v) is 4.43. The van der Waals surface area contributed by atoms with E-state index < -0.39 is 54.5 Å². The topological polar surface area (TPSA) is 191 Å². The Labute approximate surface area is 178 Å². The number of aliphatic hydroxyl groups is 1. The molecule has 12 heteroatoms. The lowest BCUT2D eigenvalue weighted by molar-refractivity contribution is -0.138. The van der Waals surface area contributed by atoms with Crippen LogP contribution in [-0.2, 0) is 25.6 Å². The summed E-state index contributed by atoms with van der Waals surface area (Å²) in [6.07, 6.45) is -1.14. The van der Waals surface area contributed by atoms with E-state index in [2.05, 4.69) is 28.6 Å². The number of hydrogen-bond donors (Lipinski definition) is 8. The SMILES string of the molecule is CC(O)C(N)C(=O)NC(CS)C(=O)NC(Cc1ccc(O)cc1)C(=O)NCC(=O)O. The number of thiol groups is 1. The highest BCUT2D eigenvalue weighted by Gasteiger charge is 2.28. The molecular formula is C18H26N4O7S. The number of rotatable bonds is 11. The molecule has 3 amide bonds. The van der Waals surface area contributed by atoms with Crippen molar-refractivity contribution in [3.05, 3.63) is 29.8 Å². The Hall–Kier alpha value is -2.83. The summed E-state index contributed by atoms with van der Waals surface area (Å²) in [5.41, 5.74) is 6.13. The molecule has 0 aliphatic carbocycles. The van der Waals surface area contributed by atoms with E-state index in [-0.39, 0.29) is 17.9 Å². The van der Waals surface area contributed by atoms with Crippen LogP contribution in [0.15, 0.2) is 24.3 Å². The van der Waals surface area contributed by atoms with Crippen LogP contribution < -0.4 is 21.7 Å². The summed E-state index contributed by atoms with van der Waals surface area (Å²) in [7, 11) is 0. The van der Waals surface area contributed by atoms with E-state index in [1.54, 1.807) is 12.1 Å². The van der Waals surface area contributed by atoms with E-state index in [9.17, 15) is 29.4 Å². The number of aromatic hydroxyl groups is 1. The fraction of sp³-hybridized carbons (Fsp3) is 0.444. The van der Waals surface area contributed by atoms with Crippen molar-refractivity contribution in [2.75, 3.05) is 12.3 Å². The van der Waals surface area contributed by atoms with Crippen molar-refractivity contribution in [2.45, 2.75) is 37.6 Å². The molecule has 0 bridgehead atoms. The van der Waals surface area contributed by atoms with Crippen LogP contribution in [0.4, 0.5) is 0 Å². The van der Waals surface area contributed by atoms with Gasteiger partial charge in [-0.05, 0) is 24.6 Å². The van der Waals surface area contributed by atoms with Crippen LogP contribution in [0, 0.1) is 0 Å². The molecule has 8 N–H and O–H groups in total. The van der Waals surface area contributed by atoms with Crippen LogP contribution in [-0.4, -0.2) is 75.5 Å². The summed E-state index contributed by atoms with van der Waals surface area (Å²) in [4.78, 5) is 47.7. The zero-order valence-corrected chi connectivity index (χ0v) is 17.1. The molecule has 0 aliphatic rings. The molecule has 1 rings (SSSR count). The number of nitrogens with one attached hydrogen (secondary N) is 3. The van der Waals surface area contributed by atoms with Crippen LogP contribution in [0.2, 0.25) is 0 Å². The van der Waals surface area contributed by atoms with Crippen LogP contribution in [0.3, 0.4) is 0 Å². The zero-order valence-electron chi connectivity index (χ0n) is 16.2. The number of phenols is 1. The molecule has 1 aromatic carbocycles. The maximum Gasteiger partial charge on any atom is 0.322 e. The first-order valence-electron chi connectivity index (χ1n) is 8.97. The number of benzene rings is 1. The van der Waals surface area contributed by atoms with Crippen LogP contribution >= 0.6 is 12.6 Å². The van der Waals surface area contributed by atoms with E-state index in [1.807, 2.05) is 0 Å². The summed E-state index contributed by atoms with van der Waals surface area (Å²) < 4.78 is 0. The van der Waals surface area contributed by atoms with Crippen LogP contribution in [0.5, 0.6) is 5.75 Å². The number of amides is 3. The number of carbonyl (C=O) groups excluding carboxylic acids is 3. The summed E-state index contributed by atoms with van der Waals surface area (Å²) in [6.45, 7) is 0.678. The summed E-state index contributed by atoms with van der Waals surface area (Å²) >= 11 is 4.02. The maximum atomic E-state index is 12.6. The Morgan fingerprint density at radius 2 is 1.60 bits per heavy atom. The first-order chi connectivity index (χ1) is 14.0. The van der Waals surface area contributed by atoms with Gasteiger partial charge in [0.2, 0.25) is 17.7 Å². The predicted octanol–water partition coefficient (Wildman–Crippen LogP) is -2.26. The summed E-state index contributed by atoms with van der Waals surface area (Å²) in [5.74, 6) is -3.63. The Morgan fingerprint density at radius 3 is 2.10 bits per heavy atom. The molecule has 0 fully saturated rings. The van der Waals surface area contributed by atoms with E-state index in [4.69, 9.17) is 10.8 Å². The second kappa shape index (κ2) is 12.0. The molecule has 11 nitrogen and oxygen atoms in total. The minimum atomic E-state index is -1.26. The third kappa shape index (κ3) is 8.27. The van der Waals surface area contributed by atoms with Gasteiger partial charge in [-0.3, -0.25) is 19.2 Å². The molecule has 0 heterocycles. The molecule has 0 aromatic heterocycles. The summed E-state index contributed by atoms with van der Waals surface area (Å²) in [5, 5.41) is 34.5. The molecule has 4 atom stereocenters. The van der Waals surface area contributed by atoms with Gasteiger partial charge in [0.05, 0.1) is 6.10 Å². The van der Waals surface area contributed by atoms with E-state index in [0.717, 1.165) is 0 Å². The highest BCUT2D eigenvalue weighted by atomic mass is 32.1. The van der Waals surface area contributed by atoms with Gasteiger partial charge in [0.1, 0.15) is 30.4 Å². The van der Waals surface area contributed by atoms with E-state index in [0.29, 0.717) is 5.56 Å². The average molecular weight is 442 g/mol. The highest BCUT2D eigenvalue weighted by molar-refractivity contribution is 7.80. The zero-order chi connectivity index (χ0) is 22.8. The van der Waals surface area contributed by atoms with E-state index in [1.165, 1.54) is 19.1 Å². The first-order valence-corrected chi connectivity index (χ1v) is 9.61. The number of carboxylic acid groups (broad SMARTS) is 1. The maximum absolute atomic E-state index is 12.6. The molecule has 30 heavy (non-hydrogen) atoms. The van der Waals surface area contributed by atoms with Gasteiger partial charge in [-0.1, -0.05) is 12.1 Å². The fourth-order valence-electron chi connectivity index (χ4n) is 2.32. The van der Waals surface area contributed by atoms with Crippen LogP contribution in [0.25, 0.3) is 0 Å². The van der Waals surface area contributed by atoms with Gasteiger partial charge < -0.3 is 37.0 Å². The molecular weight excluding hydrogens is 416 g/mol. The molecule has 4 unspecified atom stereocenters. The minimum absolute atomic E-state index is 0.00209. The number of carboxylic acids is 1. The lowest BCUT2D eigenvalue weighted by Gasteiger charge is -2.23. The minimum Gasteiger partial charge on any atom is -0.508 e. The van der Waals surface area contributed by atoms with Gasteiger partial charge in [-0.25, -0.2) is 0 Å². The smallest absolute Gasteiger partial charge is 0.322 e. The van der Waals surface area contributed by atoms with Gasteiger partial charge in [-0.15, -0.1) is 0 Å². The molecule has 166 valence electrons. The van der Waals surface area contributed by atoms with Crippen molar-refractivity contribution < 1.29 is 34.5 Å².